The number of aromatic nitrogens is 2. The Bertz CT molecular complexity index is 515. The molecule has 102 valence electrons. The van der Waals surface area contributed by atoms with Gasteiger partial charge in [-0.15, -0.1) is 0 Å². The van der Waals surface area contributed by atoms with Crippen LogP contribution in [0, 0.1) is 0 Å². The number of aliphatic hydroxyl groups excluding tert-OH is 1. The number of imidazole rings is 1. The van der Waals surface area contributed by atoms with Crippen LogP contribution in [-0.2, 0) is 6.61 Å². The van der Waals surface area contributed by atoms with Gasteiger partial charge in [-0.1, -0.05) is 12.1 Å². The minimum absolute atomic E-state index is 0.374. The third-order valence-corrected chi connectivity index (χ3v) is 3.05. The molecule has 0 amide bonds. The van der Waals surface area contributed by atoms with E-state index in [0.29, 0.717) is 12.6 Å². The molecule has 19 heavy (non-hydrogen) atoms. The second-order valence-corrected chi connectivity index (χ2v) is 4.92. The van der Waals surface area contributed by atoms with Crippen molar-refractivity contribution in [2.24, 2.45) is 0 Å². The molecule has 0 saturated carbocycles. The summed E-state index contributed by atoms with van der Waals surface area (Å²) in [5.74, 6) is 0.793. The molecule has 0 aliphatic rings. The van der Waals surface area contributed by atoms with Crippen molar-refractivity contribution in [3.63, 3.8) is 0 Å². The van der Waals surface area contributed by atoms with Gasteiger partial charge >= 0.3 is 0 Å². The predicted molar refractivity (Wildman–Crippen MR) is 74.0 cm³/mol. The van der Waals surface area contributed by atoms with Crippen molar-refractivity contribution < 1.29 is 9.84 Å². The molecule has 1 unspecified atom stereocenters. The Balaban J connectivity index is 2.00. The quantitative estimate of drug-likeness (QED) is 0.898. The van der Waals surface area contributed by atoms with Crippen LogP contribution < -0.4 is 4.74 Å². The van der Waals surface area contributed by atoms with Crippen molar-refractivity contribution in [3.8, 4) is 5.75 Å². The smallest absolute Gasteiger partial charge is 0.130 e. The SMILES string of the molecule is CC(O)c1ccc(OCc2cncn2C(C)C)cc1. The molecule has 1 heterocycles. The number of nitrogens with zero attached hydrogens (tertiary/aromatic N) is 2. The lowest BCUT2D eigenvalue weighted by molar-refractivity contribution is 0.199. The lowest BCUT2D eigenvalue weighted by atomic mass is 10.1. The third kappa shape index (κ3) is 3.35. The van der Waals surface area contributed by atoms with Crippen LogP contribution in [0.4, 0.5) is 0 Å². The number of benzene rings is 1. The summed E-state index contributed by atoms with van der Waals surface area (Å²) in [6, 6.07) is 7.87. The molecule has 1 atom stereocenters. The van der Waals surface area contributed by atoms with Crippen LogP contribution in [0.5, 0.6) is 5.75 Å². The number of hydrogen-bond acceptors (Lipinski definition) is 3. The monoisotopic (exact) mass is 260 g/mol. The molecular formula is C15H20N2O2. The number of ether oxygens (including phenoxy) is 1. The Morgan fingerprint density at radius 1 is 1.21 bits per heavy atom. The van der Waals surface area contributed by atoms with Gasteiger partial charge in [0, 0.05) is 6.04 Å². The normalized spacial score (nSPS) is 12.7. The average molecular weight is 260 g/mol. The summed E-state index contributed by atoms with van der Waals surface area (Å²) < 4.78 is 7.82. The van der Waals surface area contributed by atoms with Crippen LogP contribution in [-0.4, -0.2) is 14.7 Å². The molecule has 4 heteroatoms. The van der Waals surface area contributed by atoms with E-state index in [1.54, 1.807) is 6.92 Å². The summed E-state index contributed by atoms with van der Waals surface area (Å²) >= 11 is 0. The topological polar surface area (TPSA) is 47.3 Å². The first-order valence-corrected chi connectivity index (χ1v) is 6.49. The highest BCUT2D eigenvalue weighted by Crippen LogP contribution is 2.18. The van der Waals surface area contributed by atoms with E-state index >= 15 is 0 Å². The van der Waals surface area contributed by atoms with E-state index in [4.69, 9.17) is 4.74 Å². The first-order chi connectivity index (χ1) is 9.08. The molecule has 2 rings (SSSR count). The van der Waals surface area contributed by atoms with Crippen molar-refractivity contribution in [2.75, 3.05) is 0 Å². The zero-order valence-electron chi connectivity index (χ0n) is 11.6. The van der Waals surface area contributed by atoms with E-state index in [9.17, 15) is 5.11 Å². The highest BCUT2D eigenvalue weighted by Gasteiger charge is 2.06. The van der Waals surface area contributed by atoms with Gasteiger partial charge in [0.05, 0.1) is 24.3 Å². The second-order valence-electron chi connectivity index (χ2n) is 4.92. The van der Waals surface area contributed by atoms with E-state index < -0.39 is 6.10 Å². The Kier molecular flexibility index (Phi) is 4.22. The fourth-order valence-electron chi connectivity index (χ4n) is 1.91. The van der Waals surface area contributed by atoms with Gasteiger partial charge in [-0.25, -0.2) is 4.98 Å². The fourth-order valence-corrected chi connectivity index (χ4v) is 1.91. The van der Waals surface area contributed by atoms with Crippen molar-refractivity contribution in [3.05, 3.63) is 48.0 Å². The van der Waals surface area contributed by atoms with E-state index in [1.807, 2.05) is 36.8 Å². The van der Waals surface area contributed by atoms with Crippen LogP contribution in [0.1, 0.15) is 44.2 Å². The average Bonchev–Trinajstić information content (AvgIpc) is 2.85. The maximum Gasteiger partial charge on any atom is 0.130 e. The van der Waals surface area contributed by atoms with Crippen LogP contribution in [0.2, 0.25) is 0 Å². The lowest BCUT2D eigenvalue weighted by Gasteiger charge is -2.13. The maximum atomic E-state index is 9.44. The van der Waals surface area contributed by atoms with Crippen LogP contribution >= 0.6 is 0 Å². The summed E-state index contributed by atoms with van der Waals surface area (Å²) in [6.45, 7) is 6.47. The van der Waals surface area contributed by atoms with Gasteiger partial charge < -0.3 is 14.4 Å². The molecule has 1 N–H and O–H groups in total. The Morgan fingerprint density at radius 3 is 2.47 bits per heavy atom. The Morgan fingerprint density at radius 2 is 1.89 bits per heavy atom. The van der Waals surface area contributed by atoms with Gasteiger partial charge in [-0.05, 0) is 38.5 Å². The summed E-state index contributed by atoms with van der Waals surface area (Å²) in [4.78, 5) is 4.14. The Labute approximate surface area is 113 Å². The highest BCUT2D eigenvalue weighted by atomic mass is 16.5. The van der Waals surface area contributed by atoms with Crippen molar-refractivity contribution in [1.29, 1.82) is 0 Å². The lowest BCUT2D eigenvalue weighted by Crippen LogP contribution is -2.07. The van der Waals surface area contributed by atoms with Gasteiger partial charge in [0.2, 0.25) is 0 Å². The van der Waals surface area contributed by atoms with E-state index in [2.05, 4.69) is 23.4 Å². The summed E-state index contributed by atoms with van der Waals surface area (Å²) in [7, 11) is 0. The van der Waals surface area contributed by atoms with Crippen molar-refractivity contribution in [2.45, 2.75) is 39.5 Å². The molecule has 4 nitrogen and oxygen atoms in total. The first kappa shape index (κ1) is 13.6. The minimum Gasteiger partial charge on any atom is -0.487 e. The molecule has 0 aliphatic carbocycles. The molecular weight excluding hydrogens is 240 g/mol. The molecule has 1 aromatic heterocycles. The number of aliphatic hydroxyl groups is 1. The van der Waals surface area contributed by atoms with Crippen LogP contribution in [0.15, 0.2) is 36.8 Å². The zero-order chi connectivity index (χ0) is 13.8. The van der Waals surface area contributed by atoms with Gasteiger partial charge in [0.25, 0.3) is 0 Å². The van der Waals surface area contributed by atoms with Crippen LogP contribution in [0.3, 0.4) is 0 Å². The van der Waals surface area contributed by atoms with Crippen LogP contribution in [0.25, 0.3) is 0 Å². The van der Waals surface area contributed by atoms with Gasteiger partial charge in [-0.2, -0.15) is 0 Å². The summed E-state index contributed by atoms with van der Waals surface area (Å²) in [5, 5.41) is 9.44. The molecule has 0 fully saturated rings. The molecule has 0 aliphatic heterocycles. The maximum absolute atomic E-state index is 9.44. The standard InChI is InChI=1S/C15H20N2O2/c1-11(2)17-10-16-8-14(17)9-19-15-6-4-13(5-7-15)12(3)18/h4-8,10-12,18H,9H2,1-3H3. The predicted octanol–water partition coefficient (Wildman–Crippen LogP) is 3.10. The van der Waals surface area contributed by atoms with E-state index in [0.717, 1.165) is 17.0 Å². The minimum atomic E-state index is -0.448. The molecule has 2 aromatic rings. The second kappa shape index (κ2) is 5.89. The number of hydrogen-bond donors (Lipinski definition) is 1. The fraction of sp³-hybridized carbons (Fsp3) is 0.400. The van der Waals surface area contributed by atoms with Crippen molar-refractivity contribution >= 4 is 0 Å². The van der Waals surface area contributed by atoms with Crippen molar-refractivity contribution in [1.82, 2.24) is 9.55 Å². The molecule has 0 radical (unpaired) electrons. The summed E-state index contributed by atoms with van der Waals surface area (Å²) in [6.07, 6.45) is 3.20. The molecule has 0 saturated heterocycles. The third-order valence-electron chi connectivity index (χ3n) is 3.05. The van der Waals surface area contributed by atoms with E-state index in [1.165, 1.54) is 0 Å². The van der Waals surface area contributed by atoms with E-state index in [-0.39, 0.29) is 0 Å². The number of rotatable bonds is 5. The highest BCUT2D eigenvalue weighted by molar-refractivity contribution is 5.28. The summed E-state index contributed by atoms with van der Waals surface area (Å²) in [5.41, 5.74) is 1.94. The van der Waals surface area contributed by atoms with Gasteiger partial charge in [0.1, 0.15) is 12.4 Å². The molecule has 0 spiro atoms. The molecule has 1 aromatic carbocycles. The largest absolute Gasteiger partial charge is 0.487 e. The Hall–Kier alpha value is -1.81. The zero-order valence-corrected chi connectivity index (χ0v) is 11.6. The first-order valence-electron chi connectivity index (χ1n) is 6.49. The molecule has 0 bridgehead atoms. The van der Waals surface area contributed by atoms with Gasteiger partial charge in [-0.3, -0.25) is 0 Å². The van der Waals surface area contributed by atoms with Gasteiger partial charge in [0.15, 0.2) is 0 Å².